The van der Waals surface area contributed by atoms with E-state index in [1.54, 1.807) is 12.1 Å². The third kappa shape index (κ3) is 3.11. The molecule has 1 saturated heterocycles. The van der Waals surface area contributed by atoms with Crippen molar-refractivity contribution < 1.29 is 4.79 Å². The molecule has 1 aliphatic rings. The molecule has 1 unspecified atom stereocenters. The zero-order valence-electron chi connectivity index (χ0n) is 9.52. The molecule has 3 nitrogen and oxygen atoms in total. The van der Waals surface area contributed by atoms with Crippen molar-refractivity contribution in [1.82, 2.24) is 10.6 Å². The highest BCUT2D eigenvalue weighted by molar-refractivity contribution is 14.1. The van der Waals surface area contributed by atoms with E-state index in [1.165, 1.54) is 0 Å². The maximum atomic E-state index is 12.1. The largest absolute Gasteiger partial charge is 0.346 e. The Kier molecular flexibility index (Phi) is 3.95. The van der Waals surface area contributed by atoms with Crippen molar-refractivity contribution >= 4 is 40.1 Å². The summed E-state index contributed by atoms with van der Waals surface area (Å²) in [5.41, 5.74) is 0.468. The van der Waals surface area contributed by atoms with Crippen molar-refractivity contribution in [2.45, 2.75) is 18.9 Å². The number of carbonyl (C=O) groups excluding carboxylic acids is 1. The summed E-state index contributed by atoms with van der Waals surface area (Å²) in [6.45, 7) is 3.82. The topological polar surface area (TPSA) is 41.1 Å². The van der Waals surface area contributed by atoms with E-state index in [2.05, 4.69) is 40.1 Å². The second kappa shape index (κ2) is 5.12. The minimum Gasteiger partial charge on any atom is -0.346 e. The van der Waals surface area contributed by atoms with Gasteiger partial charge in [0.15, 0.2) is 0 Å². The van der Waals surface area contributed by atoms with Crippen LogP contribution < -0.4 is 10.6 Å². The van der Waals surface area contributed by atoms with Crippen LogP contribution in [0.25, 0.3) is 0 Å². The molecule has 2 rings (SSSR count). The predicted octanol–water partition coefficient (Wildman–Crippen LogP) is 2.43. The van der Waals surface area contributed by atoms with Crippen molar-refractivity contribution in [3.63, 3.8) is 0 Å². The minimum absolute atomic E-state index is 0.0606. The lowest BCUT2D eigenvalue weighted by Gasteiger charge is -2.24. The van der Waals surface area contributed by atoms with E-state index < -0.39 is 0 Å². The number of benzene rings is 1. The molecule has 0 aromatic heterocycles. The first-order valence-corrected chi connectivity index (χ1v) is 6.94. The smallest absolute Gasteiger partial charge is 0.251 e. The Morgan fingerprint density at radius 2 is 2.35 bits per heavy atom. The van der Waals surface area contributed by atoms with Crippen molar-refractivity contribution in [2.75, 3.05) is 13.1 Å². The van der Waals surface area contributed by atoms with Crippen molar-refractivity contribution in [1.29, 1.82) is 0 Å². The van der Waals surface area contributed by atoms with Gasteiger partial charge in [-0.1, -0.05) is 11.6 Å². The van der Waals surface area contributed by atoms with Crippen LogP contribution in [0.2, 0.25) is 5.02 Å². The molecule has 1 atom stereocenters. The van der Waals surface area contributed by atoms with Crippen LogP contribution in [0.4, 0.5) is 0 Å². The molecule has 0 aliphatic carbocycles. The van der Waals surface area contributed by atoms with Gasteiger partial charge in [-0.05, 0) is 60.7 Å². The summed E-state index contributed by atoms with van der Waals surface area (Å²) in [4.78, 5) is 12.1. The highest BCUT2D eigenvalue weighted by Gasteiger charge is 2.30. The van der Waals surface area contributed by atoms with Crippen LogP contribution in [0.1, 0.15) is 23.7 Å². The normalized spacial score (nSPS) is 23.7. The number of rotatable bonds is 2. The first kappa shape index (κ1) is 13.1. The quantitative estimate of drug-likeness (QED) is 0.792. The van der Waals surface area contributed by atoms with Gasteiger partial charge in [-0.25, -0.2) is 0 Å². The molecule has 1 aromatic carbocycles. The molecule has 5 heteroatoms. The molecule has 92 valence electrons. The zero-order chi connectivity index (χ0) is 12.5. The molecule has 1 heterocycles. The Hall–Kier alpha value is -0.330. The summed E-state index contributed by atoms with van der Waals surface area (Å²) in [7, 11) is 0. The Balaban J connectivity index is 2.11. The van der Waals surface area contributed by atoms with Gasteiger partial charge in [-0.2, -0.15) is 0 Å². The third-order valence-electron chi connectivity index (χ3n) is 2.97. The van der Waals surface area contributed by atoms with E-state index in [4.69, 9.17) is 11.6 Å². The highest BCUT2D eigenvalue weighted by atomic mass is 127. The number of halogens is 2. The Bertz CT molecular complexity index is 444. The minimum atomic E-state index is -0.146. The maximum Gasteiger partial charge on any atom is 0.251 e. The monoisotopic (exact) mass is 364 g/mol. The lowest BCUT2D eigenvalue weighted by Crippen LogP contribution is -2.47. The molecule has 1 fully saturated rings. The average molecular weight is 365 g/mol. The second-order valence-corrected chi connectivity index (χ2v) is 6.14. The number of carbonyl (C=O) groups is 1. The second-order valence-electron chi connectivity index (χ2n) is 4.57. The van der Waals surface area contributed by atoms with E-state index in [-0.39, 0.29) is 11.4 Å². The van der Waals surface area contributed by atoms with Crippen molar-refractivity contribution in [2.24, 2.45) is 0 Å². The van der Waals surface area contributed by atoms with E-state index in [9.17, 15) is 4.79 Å². The fourth-order valence-corrected chi connectivity index (χ4v) is 2.42. The van der Waals surface area contributed by atoms with Gasteiger partial charge in [0.1, 0.15) is 0 Å². The van der Waals surface area contributed by atoms with E-state index in [1.807, 2.05) is 6.07 Å². The lowest BCUT2D eigenvalue weighted by molar-refractivity contribution is 0.0913. The lowest BCUT2D eigenvalue weighted by atomic mass is 10.0. The van der Waals surface area contributed by atoms with E-state index >= 15 is 0 Å². The van der Waals surface area contributed by atoms with Gasteiger partial charge in [0, 0.05) is 15.7 Å². The van der Waals surface area contributed by atoms with Crippen LogP contribution in [-0.4, -0.2) is 24.5 Å². The predicted molar refractivity (Wildman–Crippen MR) is 77.5 cm³/mol. The standard InChI is InChI=1S/C12H14ClIN2O/c1-12(4-5-15-7-12)16-11(17)8-2-3-10(14)9(13)6-8/h2-3,6,15H,4-5,7H2,1H3,(H,16,17). The summed E-state index contributed by atoms with van der Waals surface area (Å²) in [6, 6.07) is 5.37. The Morgan fingerprint density at radius 1 is 1.59 bits per heavy atom. The van der Waals surface area contributed by atoms with Crippen LogP contribution in [-0.2, 0) is 0 Å². The zero-order valence-corrected chi connectivity index (χ0v) is 12.4. The highest BCUT2D eigenvalue weighted by Crippen LogP contribution is 2.20. The molecule has 1 aliphatic heterocycles. The van der Waals surface area contributed by atoms with E-state index in [0.29, 0.717) is 10.6 Å². The van der Waals surface area contributed by atoms with Gasteiger partial charge >= 0.3 is 0 Å². The molecule has 0 spiro atoms. The van der Waals surface area contributed by atoms with Gasteiger partial charge in [0.05, 0.1) is 10.6 Å². The SMILES string of the molecule is CC1(NC(=O)c2ccc(I)c(Cl)c2)CCNC1. The molecule has 0 saturated carbocycles. The average Bonchev–Trinajstić information content (AvgIpc) is 2.69. The summed E-state index contributed by atoms with van der Waals surface area (Å²) < 4.78 is 0.953. The number of hydrogen-bond acceptors (Lipinski definition) is 2. The molecule has 1 amide bonds. The van der Waals surface area contributed by atoms with Crippen LogP contribution in [0.15, 0.2) is 18.2 Å². The van der Waals surface area contributed by atoms with Gasteiger partial charge in [-0.15, -0.1) is 0 Å². The van der Waals surface area contributed by atoms with Crippen LogP contribution >= 0.6 is 34.2 Å². The van der Waals surface area contributed by atoms with Crippen molar-refractivity contribution in [3.8, 4) is 0 Å². The van der Waals surface area contributed by atoms with Crippen LogP contribution in [0, 0.1) is 3.57 Å². The number of amides is 1. The molecule has 0 radical (unpaired) electrons. The number of hydrogen-bond donors (Lipinski definition) is 2. The Labute approximate surface area is 119 Å². The fourth-order valence-electron chi connectivity index (χ4n) is 1.91. The summed E-state index contributed by atoms with van der Waals surface area (Å²) in [5.74, 6) is -0.0606. The van der Waals surface area contributed by atoms with Crippen LogP contribution in [0.5, 0.6) is 0 Å². The van der Waals surface area contributed by atoms with Crippen LogP contribution in [0.3, 0.4) is 0 Å². The molecule has 2 N–H and O–H groups in total. The fraction of sp³-hybridized carbons (Fsp3) is 0.417. The maximum absolute atomic E-state index is 12.1. The van der Waals surface area contributed by atoms with Gasteiger partial charge in [0.25, 0.3) is 5.91 Å². The molecular weight excluding hydrogens is 351 g/mol. The number of nitrogens with one attached hydrogen (secondary N) is 2. The van der Waals surface area contributed by atoms with Gasteiger partial charge in [-0.3, -0.25) is 4.79 Å². The molecule has 1 aromatic rings. The van der Waals surface area contributed by atoms with E-state index in [0.717, 1.165) is 23.1 Å². The Morgan fingerprint density at radius 3 is 2.94 bits per heavy atom. The molecule has 0 bridgehead atoms. The van der Waals surface area contributed by atoms with Gasteiger partial charge < -0.3 is 10.6 Å². The molecule has 17 heavy (non-hydrogen) atoms. The summed E-state index contributed by atoms with van der Waals surface area (Å²) >= 11 is 8.15. The summed E-state index contributed by atoms with van der Waals surface area (Å²) in [5, 5.41) is 6.92. The first-order chi connectivity index (χ1) is 8.00. The summed E-state index contributed by atoms with van der Waals surface area (Å²) in [6.07, 6.45) is 0.955. The van der Waals surface area contributed by atoms with Crippen molar-refractivity contribution in [3.05, 3.63) is 32.4 Å². The van der Waals surface area contributed by atoms with Gasteiger partial charge in [0.2, 0.25) is 0 Å². The first-order valence-electron chi connectivity index (χ1n) is 5.48. The third-order valence-corrected chi connectivity index (χ3v) is 4.54. The molecular formula is C12H14ClIN2O.